The van der Waals surface area contributed by atoms with E-state index in [1.54, 1.807) is 34.6 Å². The van der Waals surface area contributed by atoms with Crippen LogP contribution in [0, 0.1) is 5.92 Å². The highest BCUT2D eigenvalue weighted by Crippen LogP contribution is 2.21. The van der Waals surface area contributed by atoms with Crippen LogP contribution in [0.2, 0.25) is 0 Å². The Balaban J connectivity index is 1.97. The Kier molecular flexibility index (Phi) is 7.27. The van der Waals surface area contributed by atoms with Gasteiger partial charge in [-0.1, -0.05) is 13.8 Å². The molecule has 2 saturated heterocycles. The number of amides is 5. The Labute approximate surface area is 175 Å². The third kappa shape index (κ3) is 6.07. The van der Waals surface area contributed by atoms with E-state index < -0.39 is 47.7 Å². The number of hydrogen-bond donors (Lipinski definition) is 2. The summed E-state index contributed by atoms with van der Waals surface area (Å²) in [6.45, 7) is 9.16. The Morgan fingerprint density at radius 3 is 2.20 bits per heavy atom. The fourth-order valence-electron chi connectivity index (χ4n) is 3.09. The molecule has 11 heteroatoms. The topological polar surface area (TPSA) is 134 Å². The zero-order valence-corrected chi connectivity index (χ0v) is 18.0. The second kappa shape index (κ2) is 9.31. The van der Waals surface area contributed by atoms with Gasteiger partial charge in [0.2, 0.25) is 5.91 Å². The van der Waals surface area contributed by atoms with Crippen molar-refractivity contribution < 1.29 is 33.5 Å². The molecule has 168 valence electrons. The van der Waals surface area contributed by atoms with Crippen molar-refractivity contribution in [2.24, 2.45) is 5.92 Å². The number of hydrogen-bond acceptors (Lipinski definition) is 7. The van der Waals surface area contributed by atoms with Crippen molar-refractivity contribution in [1.29, 1.82) is 0 Å². The first-order valence-corrected chi connectivity index (χ1v) is 10.0. The predicted molar refractivity (Wildman–Crippen MR) is 103 cm³/mol. The van der Waals surface area contributed by atoms with Gasteiger partial charge in [-0.05, 0) is 39.5 Å². The van der Waals surface area contributed by atoms with Crippen LogP contribution in [0.15, 0.2) is 0 Å². The molecule has 2 aliphatic rings. The first-order valence-electron chi connectivity index (χ1n) is 10.0. The van der Waals surface area contributed by atoms with Gasteiger partial charge in [-0.2, -0.15) is 0 Å². The van der Waals surface area contributed by atoms with Gasteiger partial charge in [0.25, 0.3) is 11.8 Å². The van der Waals surface area contributed by atoms with Gasteiger partial charge in [-0.3, -0.25) is 24.6 Å². The van der Waals surface area contributed by atoms with E-state index in [9.17, 15) is 24.0 Å². The second-order valence-electron chi connectivity index (χ2n) is 8.67. The number of likely N-dealkylation sites (tertiary alicyclic amines) is 1. The SMILES string of the molecule is CC(C)[C@H](NC(=O)ON1C(=O)CCC1=O)NC(=O)[C@@H]1CCCN1C(=O)OC(C)(C)C. The number of imide groups is 1. The lowest BCUT2D eigenvalue weighted by molar-refractivity contribution is -0.171. The van der Waals surface area contributed by atoms with Gasteiger partial charge in [-0.15, -0.1) is 5.06 Å². The quantitative estimate of drug-likeness (QED) is 0.499. The lowest BCUT2D eigenvalue weighted by Crippen LogP contribution is -2.56. The monoisotopic (exact) mass is 426 g/mol. The molecular weight excluding hydrogens is 396 g/mol. The fraction of sp³-hybridized carbons (Fsp3) is 0.737. The van der Waals surface area contributed by atoms with Crippen molar-refractivity contribution in [1.82, 2.24) is 20.6 Å². The molecule has 0 bridgehead atoms. The van der Waals surface area contributed by atoms with Crippen molar-refractivity contribution >= 4 is 29.9 Å². The maximum absolute atomic E-state index is 12.8. The van der Waals surface area contributed by atoms with Crippen LogP contribution in [-0.2, 0) is 24.0 Å². The number of hydroxylamine groups is 2. The molecule has 0 unspecified atom stereocenters. The van der Waals surface area contributed by atoms with Crippen LogP contribution in [0.1, 0.15) is 60.3 Å². The summed E-state index contributed by atoms with van der Waals surface area (Å²) in [6.07, 6.45) is -1.35. The summed E-state index contributed by atoms with van der Waals surface area (Å²) >= 11 is 0. The number of ether oxygens (including phenoxy) is 1. The minimum absolute atomic E-state index is 0.0152. The highest BCUT2D eigenvalue weighted by atomic mass is 16.7. The molecule has 30 heavy (non-hydrogen) atoms. The van der Waals surface area contributed by atoms with Gasteiger partial charge < -0.3 is 14.9 Å². The van der Waals surface area contributed by atoms with E-state index in [0.717, 1.165) is 0 Å². The lowest BCUT2D eigenvalue weighted by Gasteiger charge is -2.30. The molecule has 2 aliphatic heterocycles. The average molecular weight is 426 g/mol. The Morgan fingerprint density at radius 2 is 1.67 bits per heavy atom. The first kappa shape index (κ1) is 23.4. The molecule has 5 amide bonds. The number of carbonyl (C=O) groups is 5. The normalized spacial score (nSPS) is 20.4. The Bertz CT molecular complexity index is 700. The van der Waals surface area contributed by atoms with Gasteiger partial charge in [0, 0.05) is 19.4 Å². The van der Waals surface area contributed by atoms with E-state index in [2.05, 4.69) is 10.6 Å². The largest absolute Gasteiger partial charge is 0.444 e. The summed E-state index contributed by atoms with van der Waals surface area (Å²) in [5.41, 5.74) is -0.684. The van der Waals surface area contributed by atoms with Gasteiger partial charge in [0.15, 0.2) is 0 Å². The van der Waals surface area contributed by atoms with E-state index in [4.69, 9.17) is 9.57 Å². The summed E-state index contributed by atoms with van der Waals surface area (Å²) < 4.78 is 5.36. The average Bonchev–Trinajstić information content (AvgIpc) is 3.22. The molecule has 0 aromatic rings. The summed E-state index contributed by atoms with van der Waals surface area (Å²) in [7, 11) is 0. The Hall–Kier alpha value is -2.85. The van der Waals surface area contributed by atoms with Crippen molar-refractivity contribution in [3.63, 3.8) is 0 Å². The molecule has 2 atom stereocenters. The number of nitrogens with one attached hydrogen (secondary N) is 2. The molecule has 0 saturated carbocycles. The van der Waals surface area contributed by atoms with Crippen molar-refractivity contribution in [3.05, 3.63) is 0 Å². The zero-order chi connectivity index (χ0) is 22.6. The van der Waals surface area contributed by atoms with Crippen molar-refractivity contribution in [2.75, 3.05) is 6.54 Å². The minimum Gasteiger partial charge on any atom is -0.444 e. The smallest absolute Gasteiger partial charge is 0.433 e. The van der Waals surface area contributed by atoms with Crippen molar-refractivity contribution in [3.8, 4) is 0 Å². The third-order valence-corrected chi connectivity index (χ3v) is 4.60. The van der Waals surface area contributed by atoms with Crippen LogP contribution in [0.3, 0.4) is 0 Å². The molecule has 0 aromatic carbocycles. The molecule has 11 nitrogen and oxygen atoms in total. The molecule has 0 aliphatic carbocycles. The van der Waals surface area contributed by atoms with E-state index in [0.29, 0.717) is 24.4 Å². The third-order valence-electron chi connectivity index (χ3n) is 4.60. The van der Waals surface area contributed by atoms with Crippen LogP contribution in [0.5, 0.6) is 0 Å². The van der Waals surface area contributed by atoms with Crippen LogP contribution in [0.25, 0.3) is 0 Å². The maximum atomic E-state index is 12.8. The van der Waals surface area contributed by atoms with Crippen LogP contribution >= 0.6 is 0 Å². The predicted octanol–water partition coefficient (Wildman–Crippen LogP) is 1.27. The summed E-state index contributed by atoms with van der Waals surface area (Å²) in [4.78, 5) is 66.6. The molecule has 0 radical (unpaired) electrons. The molecule has 2 N–H and O–H groups in total. The molecule has 0 aromatic heterocycles. The zero-order valence-electron chi connectivity index (χ0n) is 18.0. The molecular formula is C19H30N4O7. The first-order chi connectivity index (χ1) is 13.9. The van der Waals surface area contributed by atoms with Gasteiger partial charge in [0.1, 0.15) is 17.8 Å². The number of rotatable bonds is 5. The highest BCUT2D eigenvalue weighted by molar-refractivity contribution is 6.01. The van der Waals surface area contributed by atoms with E-state index in [1.165, 1.54) is 4.90 Å². The molecule has 2 rings (SSSR count). The van der Waals surface area contributed by atoms with Crippen LogP contribution in [-0.4, -0.2) is 64.2 Å². The summed E-state index contributed by atoms with van der Waals surface area (Å²) in [5.74, 6) is -1.87. The van der Waals surface area contributed by atoms with Crippen LogP contribution in [0.4, 0.5) is 9.59 Å². The maximum Gasteiger partial charge on any atom is 0.433 e. The lowest BCUT2D eigenvalue weighted by atomic mass is 10.1. The molecule has 0 spiro atoms. The molecule has 2 heterocycles. The van der Waals surface area contributed by atoms with Crippen molar-refractivity contribution in [2.45, 2.75) is 78.1 Å². The van der Waals surface area contributed by atoms with Gasteiger partial charge in [0.05, 0.1) is 0 Å². The molecule has 2 fully saturated rings. The minimum atomic E-state index is -1.03. The van der Waals surface area contributed by atoms with E-state index in [1.807, 2.05) is 0 Å². The van der Waals surface area contributed by atoms with E-state index >= 15 is 0 Å². The standard InChI is InChI=1S/C19H30N4O7/c1-11(2)15(21-17(27)30-23-13(24)8-9-14(23)25)20-16(26)12-7-6-10-22(12)18(28)29-19(3,4)5/h11-12,15H,6-10H2,1-5H3,(H,20,26)(H,21,27)/t12-,15-/m0/s1. The summed E-state index contributed by atoms with van der Waals surface area (Å²) in [6, 6.07) is -0.722. The van der Waals surface area contributed by atoms with Gasteiger partial charge >= 0.3 is 12.2 Å². The van der Waals surface area contributed by atoms with Crippen LogP contribution < -0.4 is 10.6 Å². The van der Waals surface area contributed by atoms with E-state index in [-0.39, 0.29) is 18.8 Å². The van der Waals surface area contributed by atoms with Gasteiger partial charge in [-0.25, -0.2) is 9.59 Å². The number of carbonyl (C=O) groups excluding carboxylic acids is 5. The number of nitrogens with zero attached hydrogens (tertiary/aromatic N) is 2. The highest BCUT2D eigenvalue weighted by Gasteiger charge is 2.38. The Morgan fingerprint density at radius 1 is 1.07 bits per heavy atom. The fourth-order valence-corrected chi connectivity index (χ4v) is 3.09. The second-order valence-corrected chi connectivity index (χ2v) is 8.67. The summed E-state index contributed by atoms with van der Waals surface area (Å²) in [5, 5.41) is 5.57.